The van der Waals surface area contributed by atoms with E-state index in [1.807, 2.05) is 43.3 Å². The second kappa shape index (κ2) is 9.66. The molecule has 0 bridgehead atoms. The van der Waals surface area contributed by atoms with Crippen LogP contribution in [0.1, 0.15) is 18.9 Å². The van der Waals surface area contributed by atoms with Crippen LogP contribution in [0, 0.1) is 0 Å². The zero-order valence-electron chi connectivity index (χ0n) is 12.4. The van der Waals surface area contributed by atoms with Gasteiger partial charge in [-0.05, 0) is 12.5 Å². The molecule has 0 aromatic heterocycles. The van der Waals surface area contributed by atoms with E-state index in [1.165, 1.54) is 0 Å². The van der Waals surface area contributed by atoms with Gasteiger partial charge in [-0.3, -0.25) is 0 Å². The van der Waals surface area contributed by atoms with Gasteiger partial charge in [-0.15, -0.1) is 0 Å². The third-order valence-corrected chi connectivity index (χ3v) is 3.02. The maximum absolute atomic E-state index is 9.96. The van der Waals surface area contributed by atoms with Crippen molar-refractivity contribution >= 4 is 0 Å². The molecule has 0 aliphatic heterocycles. The molecule has 0 amide bonds. The molecule has 0 radical (unpaired) electrons. The maximum Gasteiger partial charge on any atom is 0.160 e. The summed E-state index contributed by atoms with van der Waals surface area (Å²) in [5.41, 5.74) is 1.09. The summed E-state index contributed by atoms with van der Waals surface area (Å²) in [5, 5.41) is 9.96. The first-order valence-corrected chi connectivity index (χ1v) is 6.73. The Labute approximate surface area is 121 Å². The number of rotatable bonds is 9. The second-order valence-electron chi connectivity index (χ2n) is 4.56. The van der Waals surface area contributed by atoms with E-state index < -0.39 is 6.10 Å². The fourth-order valence-electron chi connectivity index (χ4n) is 1.67. The van der Waals surface area contributed by atoms with Crippen LogP contribution in [0.3, 0.4) is 0 Å². The van der Waals surface area contributed by atoms with E-state index in [0.717, 1.165) is 5.56 Å². The van der Waals surface area contributed by atoms with Crippen molar-refractivity contribution in [3.63, 3.8) is 0 Å². The van der Waals surface area contributed by atoms with Crippen molar-refractivity contribution < 1.29 is 19.3 Å². The molecule has 1 N–H and O–H groups in total. The molecular weight excluding hydrogens is 256 g/mol. The fraction of sp³-hybridized carbons (Fsp3) is 0.500. The Morgan fingerprint density at radius 1 is 1.15 bits per heavy atom. The quantitative estimate of drug-likeness (QED) is 0.558. The Balaban J connectivity index is 2.31. The van der Waals surface area contributed by atoms with Gasteiger partial charge in [0, 0.05) is 20.6 Å². The third-order valence-electron chi connectivity index (χ3n) is 3.02. The van der Waals surface area contributed by atoms with Gasteiger partial charge in [0.15, 0.2) is 6.29 Å². The van der Waals surface area contributed by atoms with E-state index in [4.69, 9.17) is 14.2 Å². The zero-order valence-corrected chi connectivity index (χ0v) is 12.4. The van der Waals surface area contributed by atoms with E-state index in [0.29, 0.717) is 13.0 Å². The first-order valence-electron chi connectivity index (χ1n) is 6.73. The summed E-state index contributed by atoms with van der Waals surface area (Å²) in [6, 6.07) is 9.89. The van der Waals surface area contributed by atoms with Crippen LogP contribution in [0.25, 0.3) is 0 Å². The molecule has 2 atom stereocenters. The normalized spacial score (nSPS) is 14.8. The molecule has 0 spiro atoms. The van der Waals surface area contributed by atoms with Crippen molar-refractivity contribution in [2.45, 2.75) is 38.4 Å². The number of aliphatic hydroxyl groups is 1. The minimum atomic E-state index is -0.645. The van der Waals surface area contributed by atoms with Crippen molar-refractivity contribution in [2.24, 2.45) is 0 Å². The molecule has 0 aliphatic carbocycles. The van der Waals surface area contributed by atoms with E-state index in [-0.39, 0.29) is 12.4 Å². The van der Waals surface area contributed by atoms with Crippen LogP contribution in [0.15, 0.2) is 42.5 Å². The number of hydrogen-bond acceptors (Lipinski definition) is 4. The average molecular weight is 280 g/mol. The molecule has 0 unspecified atom stereocenters. The van der Waals surface area contributed by atoms with Gasteiger partial charge < -0.3 is 19.3 Å². The molecule has 1 aromatic carbocycles. The third kappa shape index (κ3) is 6.30. The fourth-order valence-corrected chi connectivity index (χ4v) is 1.67. The number of ether oxygens (including phenoxy) is 3. The second-order valence-corrected chi connectivity index (χ2v) is 4.56. The Hall–Kier alpha value is -1.20. The van der Waals surface area contributed by atoms with Gasteiger partial charge in [0.25, 0.3) is 0 Å². The highest BCUT2D eigenvalue weighted by Gasteiger charge is 2.11. The highest BCUT2D eigenvalue weighted by molar-refractivity contribution is 5.13. The molecule has 0 saturated carbocycles. The van der Waals surface area contributed by atoms with Crippen LogP contribution in [0.5, 0.6) is 0 Å². The molecule has 112 valence electrons. The predicted molar refractivity (Wildman–Crippen MR) is 78.3 cm³/mol. The average Bonchev–Trinajstić information content (AvgIpc) is 2.50. The summed E-state index contributed by atoms with van der Waals surface area (Å²) in [6.07, 6.45) is 2.95. The first-order chi connectivity index (χ1) is 9.67. The van der Waals surface area contributed by atoms with Crippen molar-refractivity contribution in [3.05, 3.63) is 48.0 Å². The van der Waals surface area contributed by atoms with Gasteiger partial charge in [0.05, 0.1) is 18.8 Å². The Bertz CT molecular complexity index is 373. The number of methoxy groups -OCH3 is 2. The maximum atomic E-state index is 9.96. The van der Waals surface area contributed by atoms with Gasteiger partial charge in [0.2, 0.25) is 0 Å². The largest absolute Gasteiger partial charge is 0.386 e. The Morgan fingerprint density at radius 3 is 2.40 bits per heavy atom. The lowest BCUT2D eigenvalue weighted by Gasteiger charge is -2.17. The number of aliphatic hydroxyl groups excluding tert-OH is 1. The lowest BCUT2D eigenvalue weighted by Crippen LogP contribution is -2.24. The van der Waals surface area contributed by atoms with Crippen molar-refractivity contribution in [1.29, 1.82) is 0 Å². The molecule has 0 fully saturated rings. The van der Waals surface area contributed by atoms with Gasteiger partial charge in [-0.2, -0.15) is 0 Å². The van der Waals surface area contributed by atoms with Crippen LogP contribution < -0.4 is 0 Å². The van der Waals surface area contributed by atoms with E-state index in [2.05, 4.69) is 0 Å². The summed E-state index contributed by atoms with van der Waals surface area (Å²) in [5.74, 6) is 0. The molecule has 1 rings (SSSR count). The SMILES string of the molecule is COC(C/C=C\[C@@H](O)[C@H](C)OCc1ccccc1)OC. The number of benzene rings is 1. The summed E-state index contributed by atoms with van der Waals surface area (Å²) in [4.78, 5) is 0. The van der Waals surface area contributed by atoms with Crippen molar-refractivity contribution in [3.8, 4) is 0 Å². The molecule has 0 aliphatic rings. The summed E-state index contributed by atoms with van der Waals surface area (Å²) >= 11 is 0. The summed E-state index contributed by atoms with van der Waals surface area (Å²) < 4.78 is 15.8. The van der Waals surface area contributed by atoms with Crippen LogP contribution >= 0.6 is 0 Å². The van der Waals surface area contributed by atoms with Gasteiger partial charge in [-0.1, -0.05) is 42.5 Å². The van der Waals surface area contributed by atoms with E-state index >= 15 is 0 Å². The van der Waals surface area contributed by atoms with Gasteiger partial charge in [0.1, 0.15) is 0 Å². The Morgan fingerprint density at radius 2 is 1.80 bits per heavy atom. The molecule has 20 heavy (non-hydrogen) atoms. The van der Waals surface area contributed by atoms with E-state index in [9.17, 15) is 5.11 Å². The van der Waals surface area contributed by atoms with Gasteiger partial charge >= 0.3 is 0 Å². The lowest BCUT2D eigenvalue weighted by atomic mass is 10.2. The van der Waals surface area contributed by atoms with Crippen LogP contribution in [-0.2, 0) is 20.8 Å². The first kappa shape index (κ1) is 16.9. The minimum absolute atomic E-state index is 0.269. The lowest BCUT2D eigenvalue weighted by molar-refractivity contribution is -0.0988. The molecule has 4 nitrogen and oxygen atoms in total. The van der Waals surface area contributed by atoms with Crippen LogP contribution in [0.4, 0.5) is 0 Å². The van der Waals surface area contributed by atoms with Gasteiger partial charge in [-0.25, -0.2) is 0 Å². The van der Waals surface area contributed by atoms with Crippen LogP contribution in [-0.4, -0.2) is 37.8 Å². The molecule has 0 saturated heterocycles. The van der Waals surface area contributed by atoms with Crippen molar-refractivity contribution in [1.82, 2.24) is 0 Å². The molecular formula is C16H24O4. The Kier molecular flexibility index (Phi) is 8.14. The molecule has 0 heterocycles. The monoisotopic (exact) mass is 280 g/mol. The smallest absolute Gasteiger partial charge is 0.160 e. The van der Waals surface area contributed by atoms with Crippen molar-refractivity contribution in [2.75, 3.05) is 14.2 Å². The summed E-state index contributed by atoms with van der Waals surface area (Å²) in [7, 11) is 3.17. The summed E-state index contributed by atoms with van der Waals surface area (Å²) in [6.45, 7) is 2.34. The highest BCUT2D eigenvalue weighted by atomic mass is 16.7. The standard InChI is InChI=1S/C16H24O4/c1-13(20-12-14-8-5-4-6-9-14)15(17)10-7-11-16(18-2)19-3/h4-10,13,15-17H,11-12H2,1-3H3/b10-7-/t13-,15+/m0/s1. The minimum Gasteiger partial charge on any atom is -0.386 e. The zero-order chi connectivity index (χ0) is 14.8. The predicted octanol–water partition coefficient (Wildman–Crippen LogP) is 2.52. The molecule has 4 heteroatoms. The highest BCUT2D eigenvalue weighted by Crippen LogP contribution is 2.08. The van der Waals surface area contributed by atoms with Crippen LogP contribution in [0.2, 0.25) is 0 Å². The number of hydrogen-bond donors (Lipinski definition) is 1. The molecule has 1 aromatic rings. The van der Waals surface area contributed by atoms with E-state index in [1.54, 1.807) is 20.3 Å². The topological polar surface area (TPSA) is 47.9 Å².